The monoisotopic (exact) mass is 505 g/mol. The Bertz CT molecular complexity index is 982. The Morgan fingerprint density at radius 1 is 0.757 bits per heavy atom. The van der Waals surface area contributed by atoms with Gasteiger partial charge in [-0.15, -0.1) is 0 Å². The number of benzene rings is 2. The standard InChI is InChI=1S/C32H43NO4/c34-24-33-29-17-13-16-28(32(29)37)31(36)23-26-18-20-27(21-19-26)30(35)22-25-14-11-9-7-5-3-1-2-4-6-8-10-12-15-25/h13,16-21,24-25,37H,1-12,14-15,22-23H2,(H,33,34). The van der Waals surface area contributed by atoms with Crippen LogP contribution in [0.15, 0.2) is 42.5 Å². The van der Waals surface area contributed by atoms with Gasteiger partial charge in [0.1, 0.15) is 5.75 Å². The third-order valence-electron chi connectivity index (χ3n) is 7.64. The van der Waals surface area contributed by atoms with Crippen molar-refractivity contribution in [3.8, 4) is 5.75 Å². The normalized spacial score (nSPS) is 16.8. The molecule has 0 saturated heterocycles. The molecule has 1 amide bonds. The number of rotatable bonds is 8. The SMILES string of the molecule is O=CNc1cccc(C(=O)Cc2ccc(C(=O)CC3CCCCCCCCCCCCCC3)cc2)c1O. The highest BCUT2D eigenvalue weighted by Crippen LogP contribution is 2.28. The van der Waals surface area contributed by atoms with Gasteiger partial charge in [-0.2, -0.15) is 0 Å². The predicted molar refractivity (Wildman–Crippen MR) is 149 cm³/mol. The molecule has 5 nitrogen and oxygen atoms in total. The zero-order valence-electron chi connectivity index (χ0n) is 22.2. The molecule has 1 aliphatic rings. The largest absolute Gasteiger partial charge is 0.505 e. The Hall–Kier alpha value is -2.95. The highest BCUT2D eigenvalue weighted by Gasteiger charge is 2.17. The van der Waals surface area contributed by atoms with E-state index >= 15 is 0 Å². The molecular formula is C32H43NO4. The molecule has 2 aromatic carbocycles. The van der Waals surface area contributed by atoms with E-state index < -0.39 is 0 Å². The molecule has 0 bridgehead atoms. The Morgan fingerprint density at radius 3 is 1.84 bits per heavy atom. The van der Waals surface area contributed by atoms with Crippen LogP contribution < -0.4 is 5.32 Å². The maximum atomic E-state index is 13.1. The number of anilines is 1. The van der Waals surface area contributed by atoms with Crippen LogP contribution in [0, 0.1) is 5.92 Å². The van der Waals surface area contributed by atoms with Gasteiger partial charge in [-0.3, -0.25) is 14.4 Å². The number of para-hydroxylation sites is 1. The van der Waals surface area contributed by atoms with E-state index in [9.17, 15) is 19.5 Å². The minimum Gasteiger partial charge on any atom is -0.505 e. The Morgan fingerprint density at radius 2 is 1.30 bits per heavy atom. The molecule has 0 aromatic heterocycles. The fraction of sp³-hybridized carbons (Fsp3) is 0.531. The number of nitrogens with one attached hydrogen (secondary N) is 1. The molecule has 3 rings (SSSR count). The first-order valence-corrected chi connectivity index (χ1v) is 14.3. The van der Waals surface area contributed by atoms with Crippen LogP contribution in [-0.2, 0) is 11.2 Å². The summed E-state index contributed by atoms with van der Waals surface area (Å²) in [7, 11) is 0. The summed E-state index contributed by atoms with van der Waals surface area (Å²) in [6.45, 7) is 0. The number of hydrogen-bond acceptors (Lipinski definition) is 4. The number of carbonyl (C=O) groups is 3. The number of aromatic hydroxyl groups is 1. The molecule has 5 heteroatoms. The van der Waals surface area contributed by atoms with E-state index in [-0.39, 0.29) is 35.0 Å². The fourth-order valence-electron chi connectivity index (χ4n) is 5.40. The first-order chi connectivity index (χ1) is 18.1. The summed E-state index contributed by atoms with van der Waals surface area (Å²) in [6, 6.07) is 12.0. The van der Waals surface area contributed by atoms with Gasteiger partial charge in [0.05, 0.1) is 11.3 Å². The van der Waals surface area contributed by atoms with Crippen LogP contribution in [0.4, 0.5) is 5.69 Å². The molecule has 0 heterocycles. The Kier molecular flexibility index (Phi) is 12.4. The average Bonchev–Trinajstić information content (AvgIpc) is 2.91. The van der Waals surface area contributed by atoms with Gasteiger partial charge in [0, 0.05) is 18.4 Å². The molecule has 0 unspecified atom stereocenters. The first-order valence-electron chi connectivity index (χ1n) is 14.3. The van der Waals surface area contributed by atoms with Gasteiger partial charge in [0.15, 0.2) is 11.6 Å². The van der Waals surface area contributed by atoms with Crippen molar-refractivity contribution in [2.45, 2.75) is 103 Å². The number of ketones is 2. The average molecular weight is 506 g/mol. The van der Waals surface area contributed by atoms with Gasteiger partial charge in [-0.25, -0.2) is 0 Å². The van der Waals surface area contributed by atoms with Crippen molar-refractivity contribution >= 4 is 23.7 Å². The Balaban J connectivity index is 1.55. The molecule has 200 valence electrons. The summed E-state index contributed by atoms with van der Waals surface area (Å²) in [6.07, 6.45) is 19.3. The van der Waals surface area contributed by atoms with Crippen LogP contribution in [0.25, 0.3) is 0 Å². The molecule has 0 atom stereocenters. The van der Waals surface area contributed by atoms with Gasteiger partial charge >= 0.3 is 0 Å². The van der Waals surface area contributed by atoms with Gasteiger partial charge in [0.25, 0.3) is 0 Å². The summed E-state index contributed by atoms with van der Waals surface area (Å²) in [4.78, 5) is 36.5. The van der Waals surface area contributed by atoms with Crippen LogP contribution >= 0.6 is 0 Å². The summed E-state index contributed by atoms with van der Waals surface area (Å²) in [5.74, 6) is 0.159. The van der Waals surface area contributed by atoms with Crippen molar-refractivity contribution in [2.75, 3.05) is 5.32 Å². The zero-order chi connectivity index (χ0) is 26.3. The second-order valence-corrected chi connectivity index (χ2v) is 10.6. The van der Waals surface area contributed by atoms with E-state index in [0.717, 1.165) is 18.4 Å². The number of phenolic OH excluding ortho intramolecular Hbond substituents is 1. The van der Waals surface area contributed by atoms with E-state index in [1.165, 1.54) is 83.1 Å². The van der Waals surface area contributed by atoms with Crippen LogP contribution in [0.2, 0.25) is 0 Å². The van der Waals surface area contributed by atoms with E-state index in [2.05, 4.69) is 5.32 Å². The van der Waals surface area contributed by atoms with Gasteiger partial charge in [-0.05, 0) is 23.6 Å². The predicted octanol–water partition coefficient (Wildman–Crippen LogP) is 8.05. The molecular weight excluding hydrogens is 462 g/mol. The molecule has 2 N–H and O–H groups in total. The molecule has 0 aliphatic heterocycles. The van der Waals surface area contributed by atoms with E-state index in [1.807, 2.05) is 24.3 Å². The number of Topliss-reactive ketones (excluding diaryl/α,β-unsaturated/α-hetero) is 2. The van der Waals surface area contributed by atoms with Crippen LogP contribution in [-0.4, -0.2) is 23.1 Å². The minimum absolute atomic E-state index is 0.106. The van der Waals surface area contributed by atoms with Crippen LogP contribution in [0.5, 0.6) is 5.75 Å². The maximum Gasteiger partial charge on any atom is 0.211 e. The van der Waals surface area contributed by atoms with Crippen molar-refractivity contribution in [2.24, 2.45) is 5.92 Å². The van der Waals surface area contributed by atoms with E-state index in [4.69, 9.17) is 0 Å². The summed E-state index contributed by atoms with van der Waals surface area (Å²) in [5, 5.41) is 12.7. The minimum atomic E-state index is -0.249. The summed E-state index contributed by atoms with van der Waals surface area (Å²) >= 11 is 0. The van der Waals surface area contributed by atoms with Crippen molar-refractivity contribution < 1.29 is 19.5 Å². The number of phenols is 1. The van der Waals surface area contributed by atoms with Crippen molar-refractivity contribution in [1.29, 1.82) is 0 Å². The maximum absolute atomic E-state index is 13.1. The lowest BCUT2D eigenvalue weighted by Crippen LogP contribution is -2.10. The van der Waals surface area contributed by atoms with E-state index in [1.54, 1.807) is 12.1 Å². The second kappa shape index (κ2) is 16.0. The molecule has 1 aliphatic carbocycles. The fourth-order valence-corrected chi connectivity index (χ4v) is 5.40. The molecule has 0 spiro atoms. The summed E-state index contributed by atoms with van der Waals surface area (Å²) < 4.78 is 0. The quantitative estimate of drug-likeness (QED) is 0.216. The second-order valence-electron chi connectivity index (χ2n) is 10.6. The summed E-state index contributed by atoms with van der Waals surface area (Å²) in [5.41, 5.74) is 1.85. The van der Waals surface area contributed by atoms with Crippen molar-refractivity contribution in [1.82, 2.24) is 0 Å². The van der Waals surface area contributed by atoms with Crippen LogP contribution in [0.1, 0.15) is 123 Å². The third kappa shape index (κ3) is 9.79. The lowest BCUT2D eigenvalue weighted by molar-refractivity contribution is -0.105. The molecule has 1 saturated carbocycles. The molecule has 2 aromatic rings. The smallest absolute Gasteiger partial charge is 0.211 e. The zero-order valence-corrected chi connectivity index (χ0v) is 22.2. The highest BCUT2D eigenvalue weighted by molar-refractivity contribution is 6.02. The molecule has 0 radical (unpaired) electrons. The van der Waals surface area contributed by atoms with Crippen molar-refractivity contribution in [3.05, 3.63) is 59.2 Å². The van der Waals surface area contributed by atoms with Crippen molar-refractivity contribution in [3.63, 3.8) is 0 Å². The van der Waals surface area contributed by atoms with Gasteiger partial charge in [0.2, 0.25) is 6.41 Å². The molecule has 1 fully saturated rings. The Labute approximate surface area is 222 Å². The number of amides is 1. The van der Waals surface area contributed by atoms with Crippen LogP contribution in [0.3, 0.4) is 0 Å². The molecule has 37 heavy (non-hydrogen) atoms. The highest BCUT2D eigenvalue weighted by atomic mass is 16.3. The van der Waals surface area contributed by atoms with E-state index in [0.29, 0.717) is 24.3 Å². The third-order valence-corrected chi connectivity index (χ3v) is 7.64. The lowest BCUT2D eigenvalue weighted by Gasteiger charge is -2.16. The number of hydrogen-bond donors (Lipinski definition) is 2. The lowest BCUT2D eigenvalue weighted by atomic mass is 9.88. The van der Waals surface area contributed by atoms with Gasteiger partial charge < -0.3 is 10.4 Å². The topological polar surface area (TPSA) is 83.5 Å². The number of carbonyl (C=O) groups excluding carboxylic acids is 3. The first kappa shape index (κ1) is 28.6. The van der Waals surface area contributed by atoms with Gasteiger partial charge in [-0.1, -0.05) is 120 Å².